The van der Waals surface area contributed by atoms with Gasteiger partial charge in [0.2, 0.25) is 0 Å². The number of nitrogens with one attached hydrogen (secondary N) is 1. The Morgan fingerprint density at radius 2 is 1.84 bits per heavy atom. The molecule has 0 fully saturated rings. The summed E-state index contributed by atoms with van der Waals surface area (Å²) in [5.41, 5.74) is 7.04. The average molecular weight is 255 g/mol. The van der Waals surface area contributed by atoms with Crippen LogP contribution in [0.1, 0.15) is 0 Å². The quantitative estimate of drug-likeness (QED) is 0.301. The van der Waals surface area contributed by atoms with E-state index >= 15 is 0 Å². The second-order valence-electron chi connectivity index (χ2n) is 4.25. The molecular formula is C13H9N3O3. The van der Waals surface area contributed by atoms with Gasteiger partial charge < -0.3 is 10.7 Å². The number of benzene rings is 2. The van der Waals surface area contributed by atoms with Crippen molar-refractivity contribution in [1.29, 1.82) is 0 Å². The maximum Gasteiger partial charge on any atom is 0.270 e. The number of pyridine rings is 1. The van der Waals surface area contributed by atoms with Gasteiger partial charge in [0.1, 0.15) is 0 Å². The minimum absolute atomic E-state index is 0.104. The second-order valence-corrected chi connectivity index (χ2v) is 4.25. The van der Waals surface area contributed by atoms with Crippen molar-refractivity contribution in [3.8, 4) is 0 Å². The van der Waals surface area contributed by atoms with E-state index in [1.54, 1.807) is 18.2 Å². The highest BCUT2D eigenvalue weighted by molar-refractivity contribution is 5.94. The Morgan fingerprint density at radius 1 is 1.05 bits per heavy atom. The Balaban J connectivity index is 2.47. The largest absolute Gasteiger partial charge is 0.399 e. The highest BCUT2D eigenvalue weighted by Crippen LogP contribution is 2.20. The molecule has 0 amide bonds. The first kappa shape index (κ1) is 11.2. The second kappa shape index (κ2) is 3.81. The SMILES string of the molecule is Nc1ccc2c(=O)c3cc([N+](=O)[O-])ccc3[nH]c2c1. The summed E-state index contributed by atoms with van der Waals surface area (Å²) in [4.78, 5) is 25.6. The Bertz CT molecular complexity index is 883. The van der Waals surface area contributed by atoms with E-state index < -0.39 is 4.92 Å². The molecule has 6 nitrogen and oxygen atoms in total. The Morgan fingerprint density at radius 3 is 2.58 bits per heavy atom. The molecule has 3 N–H and O–H groups in total. The van der Waals surface area contributed by atoms with Gasteiger partial charge in [-0.2, -0.15) is 0 Å². The number of aromatic nitrogens is 1. The summed E-state index contributed by atoms with van der Waals surface area (Å²) in [5, 5.41) is 11.5. The smallest absolute Gasteiger partial charge is 0.270 e. The van der Waals surface area contributed by atoms with Crippen LogP contribution >= 0.6 is 0 Å². The van der Waals surface area contributed by atoms with Gasteiger partial charge in [-0.05, 0) is 24.3 Å². The number of H-pyrrole nitrogens is 1. The van der Waals surface area contributed by atoms with Crippen LogP contribution < -0.4 is 11.2 Å². The van der Waals surface area contributed by atoms with Gasteiger partial charge in [-0.25, -0.2) is 0 Å². The molecule has 0 spiro atoms. The number of non-ortho nitro benzene ring substituents is 1. The van der Waals surface area contributed by atoms with Gasteiger partial charge in [-0.3, -0.25) is 14.9 Å². The van der Waals surface area contributed by atoms with Gasteiger partial charge in [0, 0.05) is 23.2 Å². The highest BCUT2D eigenvalue weighted by Gasteiger charge is 2.11. The minimum atomic E-state index is -0.522. The third-order valence-electron chi connectivity index (χ3n) is 3.02. The number of rotatable bonds is 1. The number of nitrogens with two attached hydrogens (primary N) is 1. The molecule has 94 valence electrons. The zero-order valence-corrected chi connectivity index (χ0v) is 9.71. The number of nitro groups is 1. The van der Waals surface area contributed by atoms with Crippen molar-refractivity contribution in [2.24, 2.45) is 0 Å². The van der Waals surface area contributed by atoms with Crippen molar-refractivity contribution < 1.29 is 4.92 Å². The van der Waals surface area contributed by atoms with E-state index in [4.69, 9.17) is 5.73 Å². The van der Waals surface area contributed by atoms with E-state index in [1.807, 2.05) is 0 Å². The van der Waals surface area contributed by atoms with Crippen LogP contribution in [0.3, 0.4) is 0 Å². The third kappa shape index (κ3) is 1.70. The molecule has 2 aromatic carbocycles. The normalized spacial score (nSPS) is 10.9. The van der Waals surface area contributed by atoms with Crippen LogP contribution in [-0.4, -0.2) is 9.91 Å². The molecule has 0 bridgehead atoms. The maximum atomic E-state index is 12.3. The monoisotopic (exact) mass is 255 g/mol. The maximum absolute atomic E-state index is 12.3. The van der Waals surface area contributed by atoms with Crippen LogP contribution in [0.15, 0.2) is 41.2 Å². The number of aromatic amines is 1. The van der Waals surface area contributed by atoms with Crippen molar-refractivity contribution in [2.45, 2.75) is 0 Å². The molecule has 0 aliphatic rings. The van der Waals surface area contributed by atoms with Crippen LogP contribution in [0.2, 0.25) is 0 Å². The number of anilines is 1. The number of hydrogen-bond donors (Lipinski definition) is 2. The summed E-state index contributed by atoms with van der Waals surface area (Å²) in [7, 11) is 0. The number of hydrogen-bond acceptors (Lipinski definition) is 4. The van der Waals surface area contributed by atoms with Crippen LogP contribution in [0, 0.1) is 10.1 Å². The number of nitrogens with zero attached hydrogens (tertiary/aromatic N) is 1. The summed E-state index contributed by atoms with van der Waals surface area (Å²) in [6, 6.07) is 9.07. The van der Waals surface area contributed by atoms with Crippen molar-refractivity contribution in [2.75, 3.05) is 5.73 Å². The molecule has 0 aliphatic carbocycles. The first-order valence-corrected chi connectivity index (χ1v) is 5.56. The molecule has 1 heterocycles. The predicted molar refractivity (Wildman–Crippen MR) is 73.1 cm³/mol. The first-order valence-electron chi connectivity index (χ1n) is 5.56. The molecule has 0 radical (unpaired) electrons. The van der Waals surface area contributed by atoms with Crippen molar-refractivity contribution in [3.05, 3.63) is 56.7 Å². The van der Waals surface area contributed by atoms with E-state index in [0.29, 0.717) is 27.5 Å². The van der Waals surface area contributed by atoms with Gasteiger partial charge >= 0.3 is 0 Å². The molecule has 1 aromatic heterocycles. The molecule has 6 heteroatoms. The van der Waals surface area contributed by atoms with Crippen LogP contribution in [0.25, 0.3) is 21.8 Å². The van der Waals surface area contributed by atoms with Crippen LogP contribution in [0.4, 0.5) is 11.4 Å². The lowest BCUT2D eigenvalue weighted by atomic mass is 10.1. The predicted octanol–water partition coefficient (Wildman–Crippen LogP) is 2.17. The molecule has 0 unspecified atom stereocenters. The fourth-order valence-corrected chi connectivity index (χ4v) is 2.10. The van der Waals surface area contributed by atoms with Gasteiger partial charge in [0.25, 0.3) is 5.69 Å². The van der Waals surface area contributed by atoms with Crippen LogP contribution in [-0.2, 0) is 0 Å². The highest BCUT2D eigenvalue weighted by atomic mass is 16.6. The van der Waals surface area contributed by atoms with Gasteiger partial charge in [-0.1, -0.05) is 0 Å². The van der Waals surface area contributed by atoms with E-state index in [9.17, 15) is 14.9 Å². The zero-order valence-electron chi connectivity index (χ0n) is 9.71. The molecule has 0 aliphatic heterocycles. The fourth-order valence-electron chi connectivity index (χ4n) is 2.10. The summed E-state index contributed by atoms with van der Waals surface area (Å²) in [6.45, 7) is 0. The van der Waals surface area contributed by atoms with E-state index in [1.165, 1.54) is 18.2 Å². The lowest BCUT2D eigenvalue weighted by Gasteiger charge is -2.03. The number of nitro benzene ring substituents is 1. The Hall–Kier alpha value is -2.89. The van der Waals surface area contributed by atoms with E-state index in [-0.39, 0.29) is 11.1 Å². The molecule has 0 saturated carbocycles. The molecule has 3 rings (SSSR count). The van der Waals surface area contributed by atoms with Crippen molar-refractivity contribution >= 4 is 33.2 Å². The van der Waals surface area contributed by atoms with Crippen molar-refractivity contribution in [1.82, 2.24) is 4.98 Å². The topological polar surface area (TPSA) is 102 Å². The lowest BCUT2D eigenvalue weighted by Crippen LogP contribution is -2.05. The van der Waals surface area contributed by atoms with E-state index in [0.717, 1.165) is 0 Å². The lowest BCUT2D eigenvalue weighted by molar-refractivity contribution is -0.384. The minimum Gasteiger partial charge on any atom is -0.399 e. The fraction of sp³-hybridized carbons (Fsp3) is 0. The molecule has 0 saturated heterocycles. The Labute approximate surface area is 106 Å². The van der Waals surface area contributed by atoms with E-state index in [2.05, 4.69) is 4.98 Å². The first-order chi connectivity index (χ1) is 9.06. The standard InChI is InChI=1S/C13H9N3O3/c14-7-1-3-9-12(5-7)15-11-4-2-8(16(18)19)6-10(11)13(9)17/h1-6H,14H2,(H,15,17). The Kier molecular flexibility index (Phi) is 2.25. The van der Waals surface area contributed by atoms with Gasteiger partial charge in [-0.15, -0.1) is 0 Å². The number of nitrogen functional groups attached to an aromatic ring is 1. The molecule has 0 atom stereocenters. The molecule has 19 heavy (non-hydrogen) atoms. The average Bonchev–Trinajstić information content (AvgIpc) is 2.38. The summed E-state index contributed by atoms with van der Waals surface area (Å²) in [6.07, 6.45) is 0. The third-order valence-corrected chi connectivity index (χ3v) is 3.02. The summed E-state index contributed by atoms with van der Waals surface area (Å²) >= 11 is 0. The zero-order chi connectivity index (χ0) is 13.6. The molecular weight excluding hydrogens is 246 g/mol. The van der Waals surface area contributed by atoms with Crippen molar-refractivity contribution in [3.63, 3.8) is 0 Å². The summed E-state index contributed by atoms with van der Waals surface area (Å²) < 4.78 is 0. The van der Waals surface area contributed by atoms with Gasteiger partial charge in [0.15, 0.2) is 5.43 Å². The molecule has 3 aromatic rings. The van der Waals surface area contributed by atoms with Gasteiger partial charge in [0.05, 0.1) is 21.3 Å². The number of fused-ring (bicyclic) bond motifs is 2. The van der Waals surface area contributed by atoms with Crippen LogP contribution in [0.5, 0.6) is 0 Å². The summed E-state index contributed by atoms with van der Waals surface area (Å²) in [5.74, 6) is 0.